The van der Waals surface area contributed by atoms with E-state index >= 15 is 0 Å². The lowest BCUT2D eigenvalue weighted by molar-refractivity contribution is -0.0494. The topological polar surface area (TPSA) is 83.5 Å². The Morgan fingerprint density at radius 3 is 3.00 bits per heavy atom. The van der Waals surface area contributed by atoms with E-state index in [2.05, 4.69) is 26.1 Å². The minimum absolute atomic E-state index is 0.161. The van der Waals surface area contributed by atoms with Crippen molar-refractivity contribution in [1.82, 2.24) is 20.1 Å². The van der Waals surface area contributed by atoms with Crippen molar-refractivity contribution in [3.8, 4) is 5.75 Å². The van der Waals surface area contributed by atoms with Crippen molar-refractivity contribution in [3.63, 3.8) is 0 Å². The third-order valence-corrected chi connectivity index (χ3v) is 4.30. The Hall–Kier alpha value is -1.96. The van der Waals surface area contributed by atoms with E-state index in [4.69, 9.17) is 9.47 Å². The van der Waals surface area contributed by atoms with Gasteiger partial charge in [0.25, 0.3) is 0 Å². The molecule has 1 saturated heterocycles. The lowest BCUT2D eigenvalue weighted by Gasteiger charge is -2.32. The van der Waals surface area contributed by atoms with Crippen LogP contribution in [0.5, 0.6) is 5.75 Å². The average molecular weight is 346 g/mol. The number of aromatic nitrogens is 3. The van der Waals surface area contributed by atoms with Gasteiger partial charge in [-0.2, -0.15) is 5.10 Å². The molecule has 3 rings (SSSR count). The van der Waals surface area contributed by atoms with Crippen LogP contribution in [0.1, 0.15) is 28.9 Å². The smallest absolute Gasteiger partial charge is 0.180 e. The van der Waals surface area contributed by atoms with Crippen molar-refractivity contribution >= 4 is 0 Å². The molecule has 136 valence electrons. The third-order valence-electron chi connectivity index (χ3n) is 4.30. The monoisotopic (exact) mass is 346 g/mol. The van der Waals surface area contributed by atoms with Crippen LogP contribution in [-0.4, -0.2) is 64.1 Å². The molecule has 1 aromatic heterocycles. The van der Waals surface area contributed by atoms with Crippen LogP contribution in [0.3, 0.4) is 0 Å². The Morgan fingerprint density at radius 1 is 1.40 bits per heavy atom. The molecule has 0 bridgehead atoms. The van der Waals surface area contributed by atoms with Crippen LogP contribution < -0.4 is 4.74 Å². The minimum atomic E-state index is -0.562. The second-order valence-corrected chi connectivity index (χ2v) is 6.63. The maximum absolute atomic E-state index is 10.3. The second-order valence-electron chi connectivity index (χ2n) is 6.63. The molecular weight excluding hydrogens is 320 g/mol. The quantitative estimate of drug-likeness (QED) is 0.826. The number of hydrogen-bond donors (Lipinski definition) is 2. The molecule has 1 fully saturated rings. The number of hydrogen-bond acceptors (Lipinski definition) is 6. The fourth-order valence-corrected chi connectivity index (χ4v) is 2.93. The van der Waals surface area contributed by atoms with Crippen LogP contribution in [0.15, 0.2) is 18.2 Å². The van der Waals surface area contributed by atoms with E-state index in [0.29, 0.717) is 25.5 Å². The van der Waals surface area contributed by atoms with Crippen LogP contribution in [0.4, 0.5) is 0 Å². The molecule has 1 aliphatic heterocycles. The van der Waals surface area contributed by atoms with Crippen molar-refractivity contribution in [2.75, 3.05) is 32.8 Å². The molecule has 0 amide bonds. The Balaban J connectivity index is 1.50. The van der Waals surface area contributed by atoms with Gasteiger partial charge in [0.2, 0.25) is 0 Å². The normalized spacial score (nSPS) is 19.8. The highest BCUT2D eigenvalue weighted by molar-refractivity contribution is 5.35. The summed E-state index contributed by atoms with van der Waals surface area (Å²) in [6.07, 6.45) is -0.724. The van der Waals surface area contributed by atoms with Crippen molar-refractivity contribution in [3.05, 3.63) is 41.0 Å². The highest BCUT2D eigenvalue weighted by Gasteiger charge is 2.26. The van der Waals surface area contributed by atoms with Gasteiger partial charge in [-0.05, 0) is 38.0 Å². The van der Waals surface area contributed by atoms with E-state index in [9.17, 15) is 5.11 Å². The van der Waals surface area contributed by atoms with Crippen molar-refractivity contribution in [1.29, 1.82) is 0 Å². The summed E-state index contributed by atoms with van der Waals surface area (Å²) in [7, 11) is 0. The molecule has 1 aromatic carbocycles. The number of nitrogens with one attached hydrogen (secondary N) is 1. The zero-order valence-electron chi connectivity index (χ0n) is 15.0. The first-order chi connectivity index (χ1) is 12.0. The Labute approximate surface area is 148 Å². The molecular formula is C18H26N4O3. The van der Waals surface area contributed by atoms with Gasteiger partial charge in [-0.1, -0.05) is 12.1 Å². The maximum atomic E-state index is 10.3. The first-order valence-electron chi connectivity index (χ1n) is 8.62. The number of ether oxygens (including phenoxy) is 2. The van der Waals surface area contributed by atoms with Gasteiger partial charge in [-0.25, -0.2) is 4.98 Å². The van der Waals surface area contributed by atoms with Gasteiger partial charge < -0.3 is 14.6 Å². The summed E-state index contributed by atoms with van der Waals surface area (Å²) in [5, 5.41) is 17.4. The molecule has 2 atom stereocenters. The first kappa shape index (κ1) is 17.8. The second kappa shape index (κ2) is 7.95. The highest BCUT2D eigenvalue weighted by Crippen LogP contribution is 2.21. The summed E-state index contributed by atoms with van der Waals surface area (Å²) in [6, 6.07) is 6.08. The fraction of sp³-hybridized carbons (Fsp3) is 0.556. The van der Waals surface area contributed by atoms with Gasteiger partial charge in [-0.15, -0.1) is 0 Å². The predicted molar refractivity (Wildman–Crippen MR) is 93.7 cm³/mol. The number of morpholine rings is 1. The Kier molecular flexibility index (Phi) is 5.67. The van der Waals surface area contributed by atoms with Crippen molar-refractivity contribution < 1.29 is 14.6 Å². The number of β-amino-alcohol motifs (C(OH)–C–C–N with tert-alkyl or cyclic N) is 1. The number of aryl methyl sites for hydroxylation is 3. The molecule has 7 heteroatoms. The molecule has 0 saturated carbocycles. The van der Waals surface area contributed by atoms with Gasteiger partial charge in [0.15, 0.2) is 5.82 Å². The number of aliphatic hydroxyl groups excluding tert-OH is 1. The largest absolute Gasteiger partial charge is 0.491 e. The zero-order valence-corrected chi connectivity index (χ0v) is 15.0. The van der Waals surface area contributed by atoms with Gasteiger partial charge in [-0.3, -0.25) is 10.00 Å². The number of H-pyrrole nitrogens is 1. The van der Waals surface area contributed by atoms with E-state index in [1.165, 1.54) is 0 Å². The minimum Gasteiger partial charge on any atom is -0.491 e. The fourth-order valence-electron chi connectivity index (χ4n) is 2.93. The number of aliphatic hydroxyl groups is 1. The van der Waals surface area contributed by atoms with Crippen LogP contribution in [0, 0.1) is 20.8 Å². The molecule has 0 radical (unpaired) electrons. The highest BCUT2D eigenvalue weighted by atomic mass is 16.5. The van der Waals surface area contributed by atoms with Crippen LogP contribution >= 0.6 is 0 Å². The molecule has 0 aliphatic carbocycles. The van der Waals surface area contributed by atoms with E-state index in [0.717, 1.165) is 29.2 Å². The number of benzene rings is 1. The lowest BCUT2D eigenvalue weighted by Crippen LogP contribution is -2.44. The summed E-state index contributed by atoms with van der Waals surface area (Å²) in [6.45, 7) is 8.75. The summed E-state index contributed by atoms with van der Waals surface area (Å²) in [4.78, 5) is 6.50. The van der Waals surface area contributed by atoms with Gasteiger partial charge >= 0.3 is 0 Å². The number of rotatable bonds is 6. The van der Waals surface area contributed by atoms with Gasteiger partial charge in [0.1, 0.15) is 30.4 Å². The average Bonchev–Trinajstić information content (AvgIpc) is 3.02. The van der Waals surface area contributed by atoms with Gasteiger partial charge in [0.05, 0.1) is 6.61 Å². The zero-order chi connectivity index (χ0) is 17.8. The van der Waals surface area contributed by atoms with Crippen LogP contribution in [-0.2, 0) is 4.74 Å². The van der Waals surface area contributed by atoms with E-state index < -0.39 is 6.10 Å². The molecule has 0 spiro atoms. The molecule has 1 aliphatic rings. The van der Waals surface area contributed by atoms with Crippen LogP contribution in [0.2, 0.25) is 0 Å². The third kappa shape index (κ3) is 4.78. The Morgan fingerprint density at radius 2 is 2.24 bits per heavy atom. The molecule has 2 aromatic rings. The summed E-state index contributed by atoms with van der Waals surface area (Å²) in [5.41, 5.74) is 2.22. The predicted octanol–water partition coefficient (Wildman–Crippen LogP) is 1.54. The molecule has 0 unspecified atom stereocenters. The lowest BCUT2D eigenvalue weighted by atomic mass is 10.1. The van der Waals surface area contributed by atoms with Crippen LogP contribution in [0.25, 0.3) is 0 Å². The summed E-state index contributed by atoms with van der Waals surface area (Å²) >= 11 is 0. The maximum Gasteiger partial charge on any atom is 0.180 e. The standard InChI is InChI=1S/C18H26N4O3/c1-12-4-5-13(2)16(8-12)25-11-15(23)9-22-6-7-24-17(10-22)18-19-14(3)20-21-18/h4-5,8,15,17,23H,6-7,9-11H2,1-3H3,(H,19,20,21)/t15-,17-/m0/s1. The van der Waals surface area contributed by atoms with E-state index in [-0.39, 0.29) is 12.7 Å². The summed E-state index contributed by atoms with van der Waals surface area (Å²) in [5.74, 6) is 2.27. The number of aromatic amines is 1. The summed E-state index contributed by atoms with van der Waals surface area (Å²) < 4.78 is 11.5. The van der Waals surface area contributed by atoms with E-state index in [1.807, 2.05) is 32.9 Å². The SMILES string of the molecule is Cc1ccc(C)c(OC[C@@H](O)CN2CCO[C@H](c3n[nH]c(C)n3)C2)c1. The Bertz CT molecular complexity index is 703. The number of nitrogens with zero attached hydrogens (tertiary/aromatic N) is 3. The van der Waals surface area contributed by atoms with Crippen molar-refractivity contribution in [2.24, 2.45) is 0 Å². The molecule has 25 heavy (non-hydrogen) atoms. The first-order valence-corrected chi connectivity index (χ1v) is 8.62. The van der Waals surface area contributed by atoms with Crippen molar-refractivity contribution in [2.45, 2.75) is 33.0 Å². The molecule has 7 nitrogen and oxygen atoms in total. The molecule has 2 N–H and O–H groups in total. The van der Waals surface area contributed by atoms with E-state index in [1.54, 1.807) is 0 Å². The molecule has 2 heterocycles. The van der Waals surface area contributed by atoms with Gasteiger partial charge in [0, 0.05) is 19.6 Å².